The van der Waals surface area contributed by atoms with E-state index in [4.69, 9.17) is 29.6 Å². The Hall–Kier alpha value is 0.347. The molecule has 1 rings (SSSR count). The third-order valence-corrected chi connectivity index (χ3v) is 6.58. The van der Waals surface area contributed by atoms with Gasteiger partial charge in [0.1, 0.15) is 0 Å². The first-order valence-corrected chi connectivity index (χ1v) is 9.80. The minimum Gasteiger partial charge on any atom is -0.374 e. The Balaban J connectivity index is 2.80. The van der Waals surface area contributed by atoms with Crippen molar-refractivity contribution >= 4 is 20.4 Å². The highest BCUT2D eigenvalue weighted by Crippen LogP contribution is 2.38. The number of alkyl halides is 1. The van der Waals surface area contributed by atoms with E-state index < -0.39 is 14.6 Å². The van der Waals surface area contributed by atoms with E-state index in [2.05, 4.69) is 0 Å². The second kappa shape index (κ2) is 8.59. The van der Waals surface area contributed by atoms with Crippen molar-refractivity contribution in [1.29, 1.82) is 0 Å². The van der Waals surface area contributed by atoms with Crippen LogP contribution in [0.1, 0.15) is 46.5 Å². The largest absolute Gasteiger partial charge is 0.503 e. The second-order valence-corrected chi connectivity index (χ2v) is 7.67. The summed E-state index contributed by atoms with van der Waals surface area (Å²) in [5.74, 6) is 0.0640. The molecule has 1 heterocycles. The molecule has 1 aliphatic heterocycles. The summed E-state index contributed by atoms with van der Waals surface area (Å²) in [6.07, 6.45) is 3.60. The van der Waals surface area contributed by atoms with E-state index in [1.165, 1.54) is 0 Å². The molecule has 0 aromatic carbocycles. The Kier molecular flexibility index (Phi) is 7.87. The molecule has 4 nitrogen and oxygen atoms in total. The Morgan fingerprint density at radius 1 is 1.16 bits per heavy atom. The Labute approximate surface area is 123 Å². The van der Waals surface area contributed by atoms with E-state index in [-0.39, 0.29) is 0 Å². The zero-order valence-electron chi connectivity index (χ0n) is 12.4. The van der Waals surface area contributed by atoms with E-state index in [0.29, 0.717) is 25.7 Å². The van der Waals surface area contributed by atoms with Crippen molar-refractivity contribution in [2.24, 2.45) is 0 Å². The van der Waals surface area contributed by atoms with Crippen molar-refractivity contribution in [3.63, 3.8) is 0 Å². The molecule has 0 amide bonds. The molecular weight excluding hydrogens is 284 g/mol. The summed E-state index contributed by atoms with van der Waals surface area (Å²) in [7, 11) is -2.57. The van der Waals surface area contributed by atoms with Crippen LogP contribution in [0.15, 0.2) is 0 Å². The van der Waals surface area contributed by atoms with Crippen molar-refractivity contribution in [2.45, 2.75) is 58.3 Å². The summed E-state index contributed by atoms with van der Waals surface area (Å²) in [6.45, 7) is 7.81. The number of hydrogen-bond acceptors (Lipinski definition) is 4. The monoisotopic (exact) mass is 310 g/mol. The van der Waals surface area contributed by atoms with Crippen LogP contribution in [0.4, 0.5) is 0 Å². The van der Waals surface area contributed by atoms with Gasteiger partial charge in [0, 0.05) is 44.6 Å². The molecule has 1 fully saturated rings. The van der Waals surface area contributed by atoms with E-state index in [1.807, 2.05) is 20.8 Å². The lowest BCUT2D eigenvalue weighted by Crippen LogP contribution is -2.57. The lowest BCUT2D eigenvalue weighted by Gasteiger charge is -2.44. The average Bonchev–Trinajstić information content (AvgIpc) is 2.38. The van der Waals surface area contributed by atoms with E-state index in [1.54, 1.807) is 0 Å². The first-order chi connectivity index (χ1) is 9.16. The summed E-state index contributed by atoms with van der Waals surface area (Å²) >= 11 is 5.81. The molecule has 1 unspecified atom stereocenters. The van der Waals surface area contributed by atoms with Crippen LogP contribution in [-0.2, 0) is 18.0 Å². The fourth-order valence-corrected chi connectivity index (χ4v) is 5.64. The fourth-order valence-electron chi connectivity index (χ4n) is 2.59. The van der Waals surface area contributed by atoms with Crippen molar-refractivity contribution in [2.75, 3.05) is 25.7 Å². The molecule has 0 radical (unpaired) electrons. The zero-order valence-corrected chi connectivity index (χ0v) is 14.1. The van der Waals surface area contributed by atoms with Gasteiger partial charge in [-0.1, -0.05) is 0 Å². The summed E-state index contributed by atoms with van der Waals surface area (Å²) in [5.41, 5.74) is 0. The average molecular weight is 311 g/mol. The summed E-state index contributed by atoms with van der Waals surface area (Å²) in [5, 5.41) is 0. The van der Waals surface area contributed by atoms with Crippen molar-refractivity contribution in [3.05, 3.63) is 0 Å². The molecule has 0 aromatic rings. The van der Waals surface area contributed by atoms with Crippen LogP contribution in [0.3, 0.4) is 0 Å². The standard InChI is InChI=1S/C13H27ClO4Si/c1-4-15-13(9-7-11-14)10-8-12-19(18-13,16-5-2)17-6-3/h4-12H2,1-3H3. The van der Waals surface area contributed by atoms with Gasteiger partial charge in [0.2, 0.25) is 0 Å². The zero-order chi connectivity index (χ0) is 14.2. The summed E-state index contributed by atoms with van der Waals surface area (Å²) in [4.78, 5) is 0. The van der Waals surface area contributed by atoms with Crippen LogP contribution < -0.4 is 0 Å². The van der Waals surface area contributed by atoms with Gasteiger partial charge in [-0.15, -0.1) is 11.6 Å². The number of halogens is 1. The Bertz CT molecular complexity index is 239. The molecule has 114 valence electrons. The van der Waals surface area contributed by atoms with Crippen molar-refractivity contribution in [1.82, 2.24) is 0 Å². The van der Waals surface area contributed by atoms with Gasteiger partial charge < -0.3 is 18.0 Å². The quantitative estimate of drug-likeness (QED) is 0.482. The van der Waals surface area contributed by atoms with Crippen molar-refractivity contribution in [3.8, 4) is 0 Å². The molecule has 19 heavy (non-hydrogen) atoms. The normalized spacial score (nSPS) is 26.5. The Morgan fingerprint density at radius 3 is 2.37 bits per heavy atom. The first-order valence-electron chi connectivity index (χ1n) is 7.34. The predicted octanol–water partition coefficient (Wildman–Crippen LogP) is 3.56. The van der Waals surface area contributed by atoms with Gasteiger partial charge in [-0.2, -0.15) is 0 Å². The van der Waals surface area contributed by atoms with Crippen LogP contribution in [0.5, 0.6) is 0 Å². The van der Waals surface area contributed by atoms with Crippen LogP contribution in [0, 0.1) is 0 Å². The van der Waals surface area contributed by atoms with Gasteiger partial charge in [0.15, 0.2) is 5.79 Å². The minimum absolute atomic E-state index is 0.557. The molecule has 6 heteroatoms. The second-order valence-electron chi connectivity index (χ2n) is 4.64. The van der Waals surface area contributed by atoms with Crippen LogP contribution >= 0.6 is 11.6 Å². The molecule has 1 atom stereocenters. The molecule has 0 saturated carbocycles. The number of ether oxygens (including phenoxy) is 1. The summed E-state index contributed by atoms with van der Waals surface area (Å²) in [6, 6.07) is 0.879. The van der Waals surface area contributed by atoms with Crippen LogP contribution in [0.2, 0.25) is 6.04 Å². The molecule has 0 aliphatic carbocycles. The SMILES string of the molecule is CCOC1(CCCCl)CCC[Si](OCC)(OCC)O1. The first kappa shape index (κ1) is 17.4. The smallest absolute Gasteiger partial charge is 0.374 e. The molecule has 0 spiro atoms. The van der Waals surface area contributed by atoms with E-state index in [9.17, 15) is 0 Å². The number of rotatable bonds is 9. The molecule has 1 aliphatic rings. The van der Waals surface area contributed by atoms with Gasteiger partial charge in [-0.3, -0.25) is 0 Å². The molecule has 1 saturated heterocycles. The van der Waals surface area contributed by atoms with Crippen molar-refractivity contribution < 1.29 is 18.0 Å². The lowest BCUT2D eigenvalue weighted by molar-refractivity contribution is -0.225. The van der Waals surface area contributed by atoms with Gasteiger partial charge >= 0.3 is 8.80 Å². The molecule has 0 N–H and O–H groups in total. The van der Waals surface area contributed by atoms with Crippen LogP contribution in [0.25, 0.3) is 0 Å². The maximum atomic E-state index is 6.30. The third-order valence-electron chi connectivity index (χ3n) is 3.21. The highest BCUT2D eigenvalue weighted by Gasteiger charge is 2.52. The highest BCUT2D eigenvalue weighted by molar-refractivity contribution is 6.61. The van der Waals surface area contributed by atoms with Gasteiger partial charge in [-0.25, -0.2) is 0 Å². The Morgan fingerprint density at radius 2 is 1.84 bits per heavy atom. The summed E-state index contributed by atoms with van der Waals surface area (Å²) < 4.78 is 24.0. The topological polar surface area (TPSA) is 36.9 Å². The lowest BCUT2D eigenvalue weighted by atomic mass is 10.1. The van der Waals surface area contributed by atoms with Gasteiger partial charge in [-0.05, 0) is 33.6 Å². The molecule has 0 aromatic heterocycles. The van der Waals surface area contributed by atoms with E-state index >= 15 is 0 Å². The third kappa shape index (κ3) is 4.99. The fraction of sp³-hybridized carbons (Fsp3) is 1.00. The van der Waals surface area contributed by atoms with Gasteiger partial charge in [0.25, 0.3) is 0 Å². The maximum absolute atomic E-state index is 6.30. The highest BCUT2D eigenvalue weighted by atomic mass is 35.5. The van der Waals surface area contributed by atoms with Crippen LogP contribution in [-0.4, -0.2) is 40.3 Å². The van der Waals surface area contributed by atoms with Gasteiger partial charge in [0.05, 0.1) is 0 Å². The van der Waals surface area contributed by atoms with E-state index in [0.717, 1.165) is 31.7 Å². The molecule has 0 bridgehead atoms. The molecular formula is C13H27ClO4Si. The maximum Gasteiger partial charge on any atom is 0.503 e. The minimum atomic E-state index is -2.57. The number of hydrogen-bond donors (Lipinski definition) is 0. The predicted molar refractivity (Wildman–Crippen MR) is 78.4 cm³/mol.